The summed E-state index contributed by atoms with van der Waals surface area (Å²) in [7, 11) is 0. The summed E-state index contributed by atoms with van der Waals surface area (Å²) in [6.07, 6.45) is 15.1. The van der Waals surface area contributed by atoms with Crippen LogP contribution in [-0.4, -0.2) is 34.6 Å². The van der Waals surface area contributed by atoms with Gasteiger partial charge in [-0.15, -0.1) is 0 Å². The van der Waals surface area contributed by atoms with Gasteiger partial charge in [-0.2, -0.15) is 15.3 Å². The molecule has 0 spiro atoms. The zero-order valence-corrected chi connectivity index (χ0v) is 14.0. The number of nitrogens with one attached hydrogen (secondary N) is 1. The topological polar surface area (TPSA) is 76.7 Å². The molecule has 4 aromatic heterocycles. The van der Waals surface area contributed by atoms with E-state index < -0.39 is 0 Å². The molecule has 0 bridgehead atoms. The summed E-state index contributed by atoms with van der Waals surface area (Å²) in [6.45, 7) is 2.31. The molecule has 25 heavy (non-hydrogen) atoms. The largest absolute Gasteiger partial charge is 0.285 e. The minimum absolute atomic E-state index is 0.492. The van der Waals surface area contributed by atoms with Crippen LogP contribution in [0.25, 0.3) is 28.0 Å². The Balaban J connectivity index is 1.63. The fraction of sp³-hybridized carbons (Fsp3) is 0.333. The lowest BCUT2D eigenvalue weighted by molar-refractivity contribution is 0.375. The number of hydrogen-bond acceptors (Lipinski definition) is 4. The summed E-state index contributed by atoms with van der Waals surface area (Å²) < 4.78 is 3.98. The van der Waals surface area contributed by atoms with Crippen LogP contribution in [0.15, 0.2) is 43.2 Å². The highest BCUT2D eigenvalue weighted by atomic mass is 15.3. The van der Waals surface area contributed by atoms with Crippen molar-refractivity contribution < 1.29 is 0 Å². The van der Waals surface area contributed by atoms with Crippen molar-refractivity contribution in [2.45, 2.75) is 32.2 Å². The SMILES string of the molecule is C[C@H]1CCCC1n1cc(-c2nc(-c3cn[nH]c3)cn3nccc23)cn1. The maximum atomic E-state index is 4.87. The van der Waals surface area contributed by atoms with E-state index in [0.29, 0.717) is 12.0 Å². The van der Waals surface area contributed by atoms with Gasteiger partial charge in [0.2, 0.25) is 0 Å². The van der Waals surface area contributed by atoms with E-state index in [0.717, 1.165) is 28.0 Å². The third-order valence-electron chi connectivity index (χ3n) is 5.21. The van der Waals surface area contributed by atoms with Crippen LogP contribution in [0.2, 0.25) is 0 Å². The molecule has 1 aliphatic carbocycles. The van der Waals surface area contributed by atoms with Crippen LogP contribution in [0.3, 0.4) is 0 Å². The molecular weight excluding hydrogens is 314 g/mol. The minimum atomic E-state index is 0.492. The van der Waals surface area contributed by atoms with Crippen molar-refractivity contribution in [2.24, 2.45) is 5.92 Å². The molecule has 0 aliphatic heterocycles. The van der Waals surface area contributed by atoms with Crippen LogP contribution in [0.5, 0.6) is 0 Å². The number of aromatic nitrogens is 7. The number of nitrogens with zero attached hydrogens (tertiary/aromatic N) is 6. The second kappa shape index (κ2) is 5.54. The average Bonchev–Trinajstić information content (AvgIpc) is 3.39. The fourth-order valence-electron chi connectivity index (χ4n) is 3.83. The Morgan fingerprint density at radius 1 is 1.12 bits per heavy atom. The maximum absolute atomic E-state index is 4.87. The lowest BCUT2D eigenvalue weighted by atomic mass is 10.1. The van der Waals surface area contributed by atoms with Gasteiger partial charge in [0.15, 0.2) is 0 Å². The highest BCUT2D eigenvalue weighted by Gasteiger charge is 2.26. The lowest BCUT2D eigenvalue weighted by Crippen LogP contribution is -2.11. The minimum Gasteiger partial charge on any atom is -0.285 e. The molecule has 4 heterocycles. The fourth-order valence-corrected chi connectivity index (χ4v) is 3.83. The highest BCUT2D eigenvalue weighted by molar-refractivity contribution is 5.78. The van der Waals surface area contributed by atoms with E-state index in [-0.39, 0.29) is 0 Å². The second-order valence-corrected chi connectivity index (χ2v) is 6.81. The molecule has 0 saturated heterocycles. The van der Waals surface area contributed by atoms with Crippen LogP contribution >= 0.6 is 0 Å². The molecule has 1 aliphatic rings. The first-order valence-corrected chi connectivity index (χ1v) is 8.67. The van der Waals surface area contributed by atoms with E-state index in [2.05, 4.69) is 38.2 Å². The molecule has 0 amide bonds. The average molecular weight is 333 g/mol. The zero-order valence-electron chi connectivity index (χ0n) is 14.0. The first-order chi connectivity index (χ1) is 12.3. The molecule has 7 heteroatoms. The van der Waals surface area contributed by atoms with E-state index in [9.17, 15) is 0 Å². The normalized spacial score (nSPS) is 20.5. The van der Waals surface area contributed by atoms with E-state index in [1.165, 1.54) is 19.3 Å². The van der Waals surface area contributed by atoms with Crippen LogP contribution in [0.4, 0.5) is 0 Å². The van der Waals surface area contributed by atoms with E-state index in [4.69, 9.17) is 4.98 Å². The molecule has 7 nitrogen and oxygen atoms in total. The van der Waals surface area contributed by atoms with Gasteiger partial charge >= 0.3 is 0 Å². The van der Waals surface area contributed by atoms with Crippen molar-refractivity contribution in [1.29, 1.82) is 0 Å². The second-order valence-electron chi connectivity index (χ2n) is 6.81. The quantitative estimate of drug-likeness (QED) is 0.624. The summed E-state index contributed by atoms with van der Waals surface area (Å²) in [6, 6.07) is 2.48. The molecule has 4 aromatic rings. The van der Waals surface area contributed by atoms with Gasteiger partial charge in [-0.3, -0.25) is 9.78 Å². The Labute approximate surface area is 144 Å². The van der Waals surface area contributed by atoms with Gasteiger partial charge in [-0.25, -0.2) is 9.50 Å². The summed E-state index contributed by atoms with van der Waals surface area (Å²) in [5.74, 6) is 0.674. The van der Waals surface area contributed by atoms with Crippen LogP contribution in [0.1, 0.15) is 32.2 Å². The predicted molar refractivity (Wildman–Crippen MR) is 93.8 cm³/mol. The standard InChI is InChI=1S/C18H19N7/c1-12-3-2-4-16(12)24-10-14(9-22-24)18-17-5-6-21-25(17)11-15(23-18)13-7-19-20-8-13/h5-12,16H,2-4H2,1H3,(H,19,20)/t12-,16?/m0/s1. The van der Waals surface area contributed by atoms with Gasteiger partial charge in [-0.1, -0.05) is 13.3 Å². The van der Waals surface area contributed by atoms with Crippen LogP contribution in [0, 0.1) is 5.92 Å². The van der Waals surface area contributed by atoms with Crippen molar-refractivity contribution in [2.75, 3.05) is 0 Å². The number of aromatic amines is 1. The molecule has 1 unspecified atom stereocenters. The van der Waals surface area contributed by atoms with Gasteiger partial charge in [0.05, 0.1) is 47.7 Å². The number of fused-ring (bicyclic) bond motifs is 1. The molecule has 126 valence electrons. The molecule has 0 radical (unpaired) electrons. The molecule has 1 N–H and O–H groups in total. The first kappa shape index (κ1) is 14.4. The Hall–Kier alpha value is -2.96. The smallest absolute Gasteiger partial charge is 0.0999 e. The van der Waals surface area contributed by atoms with Crippen LogP contribution < -0.4 is 0 Å². The van der Waals surface area contributed by atoms with E-state index in [1.807, 2.05) is 29.2 Å². The van der Waals surface area contributed by atoms with Crippen molar-refractivity contribution in [3.63, 3.8) is 0 Å². The number of H-pyrrole nitrogens is 1. The van der Waals surface area contributed by atoms with Gasteiger partial charge in [0, 0.05) is 23.5 Å². The summed E-state index contributed by atoms with van der Waals surface area (Å²) in [5.41, 5.74) is 4.67. The summed E-state index contributed by atoms with van der Waals surface area (Å²) >= 11 is 0. The van der Waals surface area contributed by atoms with Crippen LogP contribution in [-0.2, 0) is 0 Å². The monoisotopic (exact) mass is 333 g/mol. The zero-order chi connectivity index (χ0) is 16.8. The molecular formula is C18H19N7. The Bertz CT molecular complexity index is 1010. The lowest BCUT2D eigenvalue weighted by Gasteiger charge is -2.15. The molecule has 5 rings (SSSR count). The maximum Gasteiger partial charge on any atom is 0.0999 e. The predicted octanol–water partition coefficient (Wildman–Crippen LogP) is 3.34. The third kappa shape index (κ3) is 2.34. The number of hydrogen-bond donors (Lipinski definition) is 1. The van der Waals surface area contributed by atoms with Crippen molar-refractivity contribution in [3.8, 4) is 22.5 Å². The van der Waals surface area contributed by atoms with Crippen molar-refractivity contribution >= 4 is 5.52 Å². The summed E-state index contributed by atoms with van der Waals surface area (Å²) in [5, 5.41) is 15.9. The van der Waals surface area contributed by atoms with Gasteiger partial charge in [0.1, 0.15) is 0 Å². The van der Waals surface area contributed by atoms with Crippen molar-refractivity contribution in [1.82, 2.24) is 34.6 Å². The molecule has 2 atom stereocenters. The molecule has 1 saturated carbocycles. The van der Waals surface area contributed by atoms with Gasteiger partial charge < -0.3 is 0 Å². The highest BCUT2D eigenvalue weighted by Crippen LogP contribution is 2.36. The number of rotatable bonds is 3. The van der Waals surface area contributed by atoms with E-state index in [1.54, 1.807) is 12.4 Å². The van der Waals surface area contributed by atoms with Gasteiger partial charge in [-0.05, 0) is 24.8 Å². The Morgan fingerprint density at radius 3 is 2.88 bits per heavy atom. The third-order valence-corrected chi connectivity index (χ3v) is 5.21. The van der Waals surface area contributed by atoms with Gasteiger partial charge in [0.25, 0.3) is 0 Å². The molecule has 1 fully saturated rings. The molecule has 0 aromatic carbocycles. The Morgan fingerprint density at radius 2 is 2.08 bits per heavy atom. The van der Waals surface area contributed by atoms with E-state index >= 15 is 0 Å². The summed E-state index contributed by atoms with van der Waals surface area (Å²) in [4.78, 5) is 4.87. The first-order valence-electron chi connectivity index (χ1n) is 8.67. The van der Waals surface area contributed by atoms with Crippen molar-refractivity contribution in [3.05, 3.63) is 43.2 Å². The Kier molecular flexibility index (Phi) is 3.19.